The molecule has 2 amide bonds. The summed E-state index contributed by atoms with van der Waals surface area (Å²) in [5.74, 6) is -0.616. The highest BCUT2D eigenvalue weighted by molar-refractivity contribution is 6.00. The van der Waals surface area contributed by atoms with E-state index in [1.165, 1.54) is 36.6 Å². The van der Waals surface area contributed by atoms with Crippen molar-refractivity contribution in [2.24, 2.45) is 0 Å². The number of nitro groups is 1. The van der Waals surface area contributed by atoms with Gasteiger partial charge in [0.1, 0.15) is 24.1 Å². The van der Waals surface area contributed by atoms with Gasteiger partial charge >= 0.3 is 0 Å². The van der Waals surface area contributed by atoms with E-state index in [1.54, 1.807) is 12.1 Å². The number of aryl methyl sites for hydroxylation is 1. The number of amides is 2. The maximum atomic E-state index is 12.4. The molecule has 1 heterocycles. The predicted molar refractivity (Wildman–Crippen MR) is 107 cm³/mol. The van der Waals surface area contributed by atoms with Crippen LogP contribution in [0.1, 0.15) is 15.9 Å². The molecule has 0 aliphatic rings. The molecule has 0 radical (unpaired) electrons. The van der Waals surface area contributed by atoms with Gasteiger partial charge in [-0.05, 0) is 36.8 Å². The first-order chi connectivity index (χ1) is 14.4. The van der Waals surface area contributed by atoms with E-state index in [0.29, 0.717) is 11.4 Å². The van der Waals surface area contributed by atoms with Crippen LogP contribution in [0.5, 0.6) is 5.75 Å². The fourth-order valence-corrected chi connectivity index (χ4v) is 2.71. The van der Waals surface area contributed by atoms with Gasteiger partial charge in [-0.2, -0.15) is 5.10 Å². The van der Waals surface area contributed by atoms with Crippen molar-refractivity contribution in [1.29, 1.82) is 0 Å². The third kappa shape index (κ3) is 4.58. The van der Waals surface area contributed by atoms with Gasteiger partial charge in [-0.3, -0.25) is 19.7 Å². The summed E-state index contributed by atoms with van der Waals surface area (Å²) in [5, 5.41) is 20.3. The summed E-state index contributed by atoms with van der Waals surface area (Å²) in [6.07, 6.45) is 2.55. The van der Waals surface area contributed by atoms with Crippen molar-refractivity contribution in [3.05, 3.63) is 70.3 Å². The van der Waals surface area contributed by atoms with Gasteiger partial charge in [0.05, 0.1) is 24.3 Å². The van der Waals surface area contributed by atoms with E-state index in [0.717, 1.165) is 11.6 Å². The van der Waals surface area contributed by atoms with Crippen molar-refractivity contribution >= 4 is 23.2 Å². The molecule has 30 heavy (non-hydrogen) atoms. The normalized spacial score (nSPS) is 10.3. The van der Waals surface area contributed by atoms with Crippen LogP contribution in [0.25, 0.3) is 5.69 Å². The maximum Gasteiger partial charge on any atom is 0.295 e. The van der Waals surface area contributed by atoms with Crippen molar-refractivity contribution in [2.75, 3.05) is 19.0 Å². The van der Waals surface area contributed by atoms with Crippen molar-refractivity contribution in [3.63, 3.8) is 0 Å². The first-order valence-corrected chi connectivity index (χ1v) is 8.75. The number of hydrogen-bond acceptors (Lipinski definition) is 7. The zero-order valence-electron chi connectivity index (χ0n) is 16.2. The maximum absolute atomic E-state index is 12.4. The molecule has 0 atom stereocenters. The first kappa shape index (κ1) is 20.5. The highest BCUT2D eigenvalue weighted by Gasteiger charge is 2.20. The minimum atomic E-state index is -0.630. The lowest BCUT2D eigenvalue weighted by Gasteiger charge is -2.11. The van der Waals surface area contributed by atoms with Gasteiger partial charge in [-0.1, -0.05) is 6.07 Å². The zero-order chi connectivity index (χ0) is 21.7. The van der Waals surface area contributed by atoms with Crippen molar-refractivity contribution < 1.29 is 19.2 Å². The summed E-state index contributed by atoms with van der Waals surface area (Å²) in [6, 6.07) is 9.21. The number of benzene rings is 2. The summed E-state index contributed by atoms with van der Waals surface area (Å²) >= 11 is 0. The van der Waals surface area contributed by atoms with E-state index in [9.17, 15) is 19.7 Å². The molecule has 0 bridgehead atoms. The Kier molecular flexibility index (Phi) is 6.01. The van der Waals surface area contributed by atoms with Crippen LogP contribution < -0.4 is 15.4 Å². The quantitative estimate of drug-likeness (QED) is 0.447. The molecule has 1 aromatic heterocycles. The van der Waals surface area contributed by atoms with E-state index >= 15 is 0 Å². The summed E-state index contributed by atoms with van der Waals surface area (Å²) in [5.41, 5.74) is 1.28. The molecule has 2 aromatic carbocycles. The van der Waals surface area contributed by atoms with Gasteiger partial charge in [0.2, 0.25) is 5.91 Å². The summed E-state index contributed by atoms with van der Waals surface area (Å²) in [6.45, 7) is 1.54. The molecule has 0 aliphatic heterocycles. The number of nitrogens with zero attached hydrogens (tertiary/aromatic N) is 4. The first-order valence-electron chi connectivity index (χ1n) is 8.75. The molecule has 11 heteroatoms. The number of hydrogen-bond donors (Lipinski definition) is 2. The average molecular weight is 410 g/mol. The third-order valence-corrected chi connectivity index (χ3v) is 4.14. The monoisotopic (exact) mass is 410 g/mol. The molecular weight excluding hydrogens is 392 g/mol. The largest absolute Gasteiger partial charge is 0.495 e. The molecule has 2 N–H and O–H groups in total. The molecule has 0 saturated heterocycles. The van der Waals surface area contributed by atoms with Gasteiger partial charge in [0.15, 0.2) is 0 Å². The van der Waals surface area contributed by atoms with Crippen LogP contribution in [-0.4, -0.2) is 45.2 Å². The second-order valence-electron chi connectivity index (χ2n) is 6.24. The van der Waals surface area contributed by atoms with Gasteiger partial charge in [0.25, 0.3) is 11.6 Å². The number of nitrogens with one attached hydrogen (secondary N) is 2. The van der Waals surface area contributed by atoms with Crippen LogP contribution in [0, 0.1) is 17.0 Å². The summed E-state index contributed by atoms with van der Waals surface area (Å²) in [4.78, 5) is 39.1. The Morgan fingerprint density at radius 3 is 2.70 bits per heavy atom. The molecule has 0 aliphatic carbocycles. The molecule has 0 fully saturated rings. The van der Waals surface area contributed by atoms with Crippen molar-refractivity contribution in [1.82, 2.24) is 20.1 Å². The Morgan fingerprint density at radius 1 is 1.23 bits per heavy atom. The molecule has 0 unspecified atom stereocenters. The van der Waals surface area contributed by atoms with Gasteiger partial charge in [0, 0.05) is 11.6 Å². The number of carbonyl (C=O) groups excluding carboxylic acids is 2. The van der Waals surface area contributed by atoms with Gasteiger partial charge in [-0.15, -0.1) is 0 Å². The van der Waals surface area contributed by atoms with E-state index in [2.05, 4.69) is 20.7 Å². The number of ether oxygens (including phenoxy) is 1. The second-order valence-corrected chi connectivity index (χ2v) is 6.24. The SMILES string of the molecule is COc1ccc(C)cc1NC(=O)CNC(=O)c1ccc(-n2cncn2)c([N+](=O)[O-])c1. The molecule has 11 nitrogen and oxygen atoms in total. The smallest absolute Gasteiger partial charge is 0.295 e. The fourth-order valence-electron chi connectivity index (χ4n) is 2.71. The van der Waals surface area contributed by atoms with E-state index in [4.69, 9.17) is 4.74 Å². The van der Waals surface area contributed by atoms with Crippen LogP contribution in [0.3, 0.4) is 0 Å². The predicted octanol–water partition coefficient (Wildman–Crippen LogP) is 1.86. The Labute approximate surface area is 170 Å². The Bertz CT molecular complexity index is 1100. The van der Waals surface area contributed by atoms with Crippen LogP contribution in [0.15, 0.2) is 49.1 Å². The molecule has 0 spiro atoms. The van der Waals surface area contributed by atoms with E-state index in [1.807, 2.05) is 13.0 Å². The number of aromatic nitrogens is 3. The minimum Gasteiger partial charge on any atom is -0.495 e. The Balaban J connectivity index is 1.69. The van der Waals surface area contributed by atoms with Crippen molar-refractivity contribution in [2.45, 2.75) is 6.92 Å². The highest BCUT2D eigenvalue weighted by Crippen LogP contribution is 2.25. The second kappa shape index (κ2) is 8.82. The highest BCUT2D eigenvalue weighted by atomic mass is 16.6. The lowest BCUT2D eigenvalue weighted by Crippen LogP contribution is -2.33. The Morgan fingerprint density at radius 2 is 2.03 bits per heavy atom. The standard InChI is InChI=1S/C19H18N6O5/c1-12-3-6-17(30-2)14(7-12)23-18(26)9-21-19(27)13-4-5-15(16(8-13)25(28)29)24-11-20-10-22-24/h3-8,10-11H,9H2,1-2H3,(H,21,27)(H,23,26). The van der Waals surface area contributed by atoms with E-state index < -0.39 is 16.7 Å². The summed E-state index contributed by atoms with van der Waals surface area (Å²) in [7, 11) is 1.48. The minimum absolute atomic E-state index is 0.0338. The molecular formula is C19H18N6O5. The lowest BCUT2D eigenvalue weighted by molar-refractivity contribution is -0.384. The molecule has 154 valence electrons. The van der Waals surface area contributed by atoms with Crippen LogP contribution in [0.2, 0.25) is 0 Å². The van der Waals surface area contributed by atoms with Crippen LogP contribution >= 0.6 is 0 Å². The molecule has 0 saturated carbocycles. The molecule has 3 rings (SSSR count). The lowest BCUT2D eigenvalue weighted by atomic mass is 10.1. The van der Waals surface area contributed by atoms with Crippen molar-refractivity contribution in [3.8, 4) is 11.4 Å². The number of carbonyl (C=O) groups is 2. The Hall–Kier alpha value is -4.28. The number of nitro benzene ring substituents is 1. The average Bonchev–Trinajstić information content (AvgIpc) is 3.26. The molecule has 3 aromatic rings. The topological polar surface area (TPSA) is 141 Å². The number of rotatable bonds is 7. The third-order valence-electron chi connectivity index (χ3n) is 4.14. The number of anilines is 1. The summed E-state index contributed by atoms with van der Waals surface area (Å²) < 4.78 is 6.42. The number of methoxy groups -OCH3 is 1. The zero-order valence-corrected chi connectivity index (χ0v) is 16.2. The fraction of sp³-hybridized carbons (Fsp3) is 0.158. The van der Waals surface area contributed by atoms with E-state index in [-0.39, 0.29) is 23.5 Å². The van der Waals surface area contributed by atoms with Crippen LogP contribution in [-0.2, 0) is 4.79 Å². The van der Waals surface area contributed by atoms with Gasteiger partial charge < -0.3 is 15.4 Å². The van der Waals surface area contributed by atoms with Crippen LogP contribution in [0.4, 0.5) is 11.4 Å². The van der Waals surface area contributed by atoms with Gasteiger partial charge in [-0.25, -0.2) is 9.67 Å².